The summed E-state index contributed by atoms with van der Waals surface area (Å²) in [5, 5.41) is 0. The number of hydrogen-bond acceptors (Lipinski definition) is 0. The van der Waals surface area contributed by atoms with Crippen LogP contribution in [0.4, 0.5) is 0 Å². The van der Waals surface area contributed by atoms with E-state index in [0.29, 0.717) is 0 Å². The van der Waals surface area contributed by atoms with Gasteiger partial charge in [0.15, 0.2) is 0 Å². The molecule has 0 saturated carbocycles. The largest absolute Gasteiger partial charge is 2.00 e. The Bertz CT molecular complexity index is 10.8. The molecule has 0 heterocycles. The minimum Gasteiger partial charge on any atom is -0.358 e. The molecule has 15 heavy (non-hydrogen) atoms. The second-order valence-corrected chi connectivity index (χ2v) is 0. The molecule has 0 aromatic rings. The van der Waals surface area contributed by atoms with E-state index in [4.69, 9.17) is 0 Å². The quantitative estimate of drug-likeness (QED) is 0.449. The zero-order valence-corrected chi connectivity index (χ0v) is 17.2. The van der Waals surface area contributed by atoms with Gasteiger partial charge < -0.3 is 57.4 Å². The summed E-state index contributed by atoms with van der Waals surface area (Å²) in [6, 6.07) is 0. The van der Waals surface area contributed by atoms with Gasteiger partial charge in [-0.25, -0.2) is 0 Å². The Morgan fingerprint density at radius 2 is 0.333 bits per heavy atom. The summed E-state index contributed by atoms with van der Waals surface area (Å²) < 4.78 is 0. The van der Waals surface area contributed by atoms with E-state index in [2.05, 4.69) is 27.7 Å². The second-order valence-electron chi connectivity index (χ2n) is 0. The van der Waals surface area contributed by atoms with Crippen molar-refractivity contribution in [2.45, 2.75) is 27.7 Å². The second kappa shape index (κ2) is 722. The van der Waals surface area contributed by atoms with Gasteiger partial charge in [-0.3, -0.25) is 0 Å². The fourth-order valence-corrected chi connectivity index (χ4v) is 0. The first-order valence-electron chi connectivity index (χ1n) is 2.83. The van der Waals surface area contributed by atoms with Gasteiger partial charge in [0, 0.05) is 0 Å². The van der Waals surface area contributed by atoms with Crippen molar-refractivity contribution in [3.8, 4) is 0 Å². The van der Waals surface area contributed by atoms with Crippen LogP contribution in [-0.4, -0.2) is 69.2 Å². The molecule has 3 heteroatoms. The summed E-state index contributed by atoms with van der Waals surface area (Å²) >= 11 is 0. The third kappa shape index (κ3) is 631. The van der Waals surface area contributed by atoms with Gasteiger partial charge in [0.25, 0.3) is 0 Å². The van der Waals surface area contributed by atoms with E-state index >= 15 is 0 Å². The summed E-state index contributed by atoms with van der Waals surface area (Å²) in [4.78, 5) is 0. The standard InChI is InChI=1S/4C2H5.4CH3.3Mg/c4*1-2;;;;;;;/h4*1H2,2H3;4*1H3;;;/q8*-1;3*+2. The van der Waals surface area contributed by atoms with E-state index in [-0.39, 0.29) is 98.9 Å². The van der Waals surface area contributed by atoms with Crippen LogP contribution >= 0.6 is 0 Å². The zero-order valence-electron chi connectivity index (χ0n) is 12.9. The molecule has 0 aromatic carbocycles. The average molecular weight is 249 g/mol. The van der Waals surface area contributed by atoms with Gasteiger partial charge in [0.05, 0.1) is 0 Å². The van der Waals surface area contributed by atoms with E-state index in [1.54, 1.807) is 27.7 Å². The predicted molar refractivity (Wildman–Crippen MR) is 87.0 cm³/mol. The van der Waals surface area contributed by atoms with Gasteiger partial charge in [0.1, 0.15) is 0 Å². The molecule has 0 aliphatic rings. The van der Waals surface area contributed by atoms with Crippen LogP contribution in [0.2, 0.25) is 0 Å². The topological polar surface area (TPSA) is 0 Å². The first kappa shape index (κ1) is 116. The van der Waals surface area contributed by atoms with Gasteiger partial charge in [-0.05, 0) is 0 Å². The average Bonchev–Trinajstić information content (AvgIpc) is 2.03. The molecule has 0 unspecified atom stereocenters. The maximum atomic E-state index is 3.25. The maximum Gasteiger partial charge on any atom is 2.00 e. The van der Waals surface area contributed by atoms with Crippen LogP contribution in [0.3, 0.4) is 0 Å². The molecule has 0 amide bonds. The monoisotopic (exact) mass is 248 g/mol. The van der Waals surface area contributed by atoms with Crippen molar-refractivity contribution in [1.82, 2.24) is 0 Å². The summed E-state index contributed by atoms with van der Waals surface area (Å²) in [6.45, 7) is 20.0. The van der Waals surface area contributed by atoms with E-state index in [0.717, 1.165) is 0 Å². The molecule has 0 rings (SSSR count). The maximum absolute atomic E-state index is 3.25. The smallest absolute Gasteiger partial charge is 0.358 e. The van der Waals surface area contributed by atoms with Crippen molar-refractivity contribution in [3.63, 3.8) is 0 Å². The van der Waals surface area contributed by atoms with E-state index in [1.807, 2.05) is 0 Å². The molecule has 0 N–H and O–H groups in total. The van der Waals surface area contributed by atoms with Gasteiger partial charge in [-0.1, -0.05) is 0 Å². The molecule has 0 aromatic heterocycles. The molecule has 0 atom stereocenters. The van der Waals surface area contributed by atoms with Gasteiger partial charge >= 0.3 is 69.2 Å². The minimum atomic E-state index is 0. The first-order valence-corrected chi connectivity index (χ1v) is 2.83. The Balaban J connectivity index is -0.00000000137. The molecule has 0 spiro atoms. The molecule has 0 radical (unpaired) electrons. The van der Waals surface area contributed by atoms with Crippen molar-refractivity contribution in [3.05, 3.63) is 57.4 Å². The molecule has 0 aliphatic carbocycles. The molecule has 88 valence electrons. The van der Waals surface area contributed by atoms with Crippen molar-refractivity contribution in [1.29, 1.82) is 0 Å². The molecule has 0 nitrogen and oxygen atoms in total. The first-order chi connectivity index (χ1) is 4.00. The third-order valence-corrected chi connectivity index (χ3v) is 0. The van der Waals surface area contributed by atoms with Crippen LogP contribution in [0.1, 0.15) is 27.7 Å². The molecule has 0 saturated heterocycles. The normalized spacial score (nSPS) is 1.60. The Morgan fingerprint density at radius 3 is 0.333 bits per heavy atom. The third-order valence-electron chi connectivity index (χ3n) is 0. The predicted octanol–water partition coefficient (Wildman–Crippen LogP) is 4.02. The van der Waals surface area contributed by atoms with Gasteiger partial charge in [0.2, 0.25) is 0 Å². The summed E-state index contributed by atoms with van der Waals surface area (Å²) in [5.74, 6) is 0. The number of rotatable bonds is 0. The summed E-state index contributed by atoms with van der Waals surface area (Å²) in [6.07, 6.45) is 0. The SMILES string of the molecule is [CH2-]C.[CH2-]C.[CH2-]C.[CH2-]C.[CH3-].[CH3-].[CH3-].[CH3-].[Mg+2].[Mg+2].[Mg+2]. The molecule has 0 bridgehead atoms. The van der Waals surface area contributed by atoms with Crippen molar-refractivity contribution < 1.29 is 0 Å². The fraction of sp³-hybridized carbons (Fsp3) is 0.333. The van der Waals surface area contributed by atoms with E-state index in [9.17, 15) is 0 Å². The molecular formula is C12H32Mg3-2. The van der Waals surface area contributed by atoms with Crippen molar-refractivity contribution in [2.75, 3.05) is 0 Å². The van der Waals surface area contributed by atoms with E-state index < -0.39 is 0 Å². The summed E-state index contributed by atoms with van der Waals surface area (Å²) in [5.41, 5.74) is 0. The van der Waals surface area contributed by atoms with Crippen LogP contribution in [0, 0.1) is 57.4 Å². The van der Waals surface area contributed by atoms with E-state index in [1.165, 1.54) is 0 Å². The molecule has 0 aliphatic heterocycles. The summed E-state index contributed by atoms with van der Waals surface area (Å²) in [7, 11) is 0. The Kier molecular flexibility index (Phi) is 5570. The van der Waals surface area contributed by atoms with Crippen molar-refractivity contribution >= 4 is 69.2 Å². The fourth-order valence-electron chi connectivity index (χ4n) is 0. The van der Waals surface area contributed by atoms with Crippen LogP contribution in [-0.2, 0) is 0 Å². The Labute approximate surface area is 153 Å². The van der Waals surface area contributed by atoms with Crippen LogP contribution in [0.15, 0.2) is 0 Å². The molecule has 0 fully saturated rings. The van der Waals surface area contributed by atoms with Crippen LogP contribution < -0.4 is 0 Å². The van der Waals surface area contributed by atoms with Crippen LogP contribution in [0.5, 0.6) is 0 Å². The van der Waals surface area contributed by atoms with Crippen molar-refractivity contribution in [2.24, 2.45) is 0 Å². The Morgan fingerprint density at radius 1 is 0.333 bits per heavy atom. The minimum absolute atomic E-state index is 0. The van der Waals surface area contributed by atoms with Gasteiger partial charge in [-0.15, -0.1) is 0 Å². The van der Waals surface area contributed by atoms with Crippen LogP contribution in [0.25, 0.3) is 0 Å². The molecular weight excluding hydrogens is 217 g/mol. The Hall–Kier alpha value is 2.30. The number of hydrogen-bond donors (Lipinski definition) is 0. The van der Waals surface area contributed by atoms with Gasteiger partial charge in [-0.2, -0.15) is 27.7 Å². The zero-order chi connectivity index (χ0) is 8.00.